The van der Waals surface area contributed by atoms with Gasteiger partial charge in [0.2, 0.25) is 5.91 Å². The topological polar surface area (TPSA) is 50.4 Å². The lowest BCUT2D eigenvalue weighted by atomic mass is 10.1. The molecule has 0 radical (unpaired) electrons. The molecule has 2 aliphatic heterocycles. The van der Waals surface area contributed by atoms with Gasteiger partial charge in [0.05, 0.1) is 6.10 Å². The maximum atomic E-state index is 11.7. The van der Waals surface area contributed by atoms with Crippen molar-refractivity contribution >= 4 is 18.3 Å². The molecule has 3 fully saturated rings. The highest BCUT2D eigenvalue weighted by Crippen LogP contribution is 2.29. The van der Waals surface area contributed by atoms with Crippen LogP contribution >= 0.6 is 12.4 Å². The van der Waals surface area contributed by atoms with Crippen LogP contribution in [-0.4, -0.2) is 37.2 Å². The number of carbonyl (C=O) groups excluding carboxylic acids is 1. The molecule has 3 atom stereocenters. The van der Waals surface area contributed by atoms with Crippen LogP contribution in [0.5, 0.6) is 0 Å². The summed E-state index contributed by atoms with van der Waals surface area (Å²) in [5, 5.41) is 6.36. The molecule has 4 nitrogen and oxygen atoms in total. The summed E-state index contributed by atoms with van der Waals surface area (Å²) in [7, 11) is 0. The zero-order valence-electron chi connectivity index (χ0n) is 9.28. The van der Waals surface area contributed by atoms with Gasteiger partial charge in [-0.05, 0) is 31.7 Å². The second kappa shape index (κ2) is 4.90. The van der Waals surface area contributed by atoms with E-state index >= 15 is 0 Å². The summed E-state index contributed by atoms with van der Waals surface area (Å²) in [4.78, 5) is 11.7. The lowest BCUT2D eigenvalue weighted by Crippen LogP contribution is -2.36. The van der Waals surface area contributed by atoms with Crippen LogP contribution in [0.3, 0.4) is 0 Å². The van der Waals surface area contributed by atoms with Crippen molar-refractivity contribution in [1.82, 2.24) is 10.6 Å². The second-order valence-electron chi connectivity index (χ2n) is 4.94. The average Bonchev–Trinajstić information content (AvgIpc) is 2.79. The van der Waals surface area contributed by atoms with Crippen LogP contribution in [-0.2, 0) is 9.53 Å². The Morgan fingerprint density at radius 1 is 1.38 bits per heavy atom. The molecule has 0 bridgehead atoms. The normalized spacial score (nSPS) is 36.6. The zero-order valence-corrected chi connectivity index (χ0v) is 10.1. The fourth-order valence-corrected chi connectivity index (χ4v) is 2.49. The quantitative estimate of drug-likeness (QED) is 0.761. The van der Waals surface area contributed by atoms with Crippen molar-refractivity contribution in [2.45, 2.75) is 43.9 Å². The van der Waals surface area contributed by atoms with Gasteiger partial charge in [0, 0.05) is 19.0 Å². The predicted molar refractivity (Wildman–Crippen MR) is 62.7 cm³/mol. The zero-order chi connectivity index (χ0) is 10.3. The number of hydrogen-bond donors (Lipinski definition) is 2. The number of fused-ring (bicyclic) bond motifs is 1. The van der Waals surface area contributed by atoms with Crippen molar-refractivity contribution in [2.24, 2.45) is 5.92 Å². The van der Waals surface area contributed by atoms with Gasteiger partial charge in [-0.15, -0.1) is 12.4 Å². The van der Waals surface area contributed by atoms with Crippen LogP contribution in [0, 0.1) is 5.92 Å². The van der Waals surface area contributed by atoms with E-state index in [4.69, 9.17) is 4.74 Å². The highest BCUT2D eigenvalue weighted by molar-refractivity contribution is 5.85. The van der Waals surface area contributed by atoms with E-state index in [0.717, 1.165) is 31.8 Å². The highest BCUT2D eigenvalue weighted by atomic mass is 35.5. The van der Waals surface area contributed by atoms with Gasteiger partial charge in [0.1, 0.15) is 6.10 Å². The SMILES string of the molecule is Cl.O=C(NCC1CC1)[C@@H]1C[C@H]2NCC[C@H]2O1. The Morgan fingerprint density at radius 3 is 2.88 bits per heavy atom. The summed E-state index contributed by atoms with van der Waals surface area (Å²) >= 11 is 0. The summed E-state index contributed by atoms with van der Waals surface area (Å²) in [5.41, 5.74) is 0. The lowest BCUT2D eigenvalue weighted by molar-refractivity contribution is -0.132. The van der Waals surface area contributed by atoms with E-state index in [0.29, 0.717) is 6.04 Å². The highest BCUT2D eigenvalue weighted by Gasteiger charge is 2.41. The van der Waals surface area contributed by atoms with Gasteiger partial charge in [-0.2, -0.15) is 0 Å². The Labute approximate surface area is 102 Å². The molecule has 0 aromatic rings. The van der Waals surface area contributed by atoms with E-state index in [1.54, 1.807) is 0 Å². The number of halogens is 1. The average molecular weight is 247 g/mol. The molecule has 3 rings (SSSR count). The van der Waals surface area contributed by atoms with Crippen LogP contribution in [0.15, 0.2) is 0 Å². The van der Waals surface area contributed by atoms with Crippen LogP contribution < -0.4 is 10.6 Å². The Bertz CT molecular complexity index is 259. The van der Waals surface area contributed by atoms with Crippen molar-refractivity contribution in [2.75, 3.05) is 13.1 Å². The Morgan fingerprint density at radius 2 is 2.19 bits per heavy atom. The largest absolute Gasteiger partial charge is 0.363 e. The molecule has 1 aliphatic carbocycles. The Balaban J connectivity index is 0.000000963. The summed E-state index contributed by atoms with van der Waals surface area (Å²) < 4.78 is 5.73. The predicted octanol–water partition coefficient (Wildman–Crippen LogP) is 0.454. The minimum absolute atomic E-state index is 0. The first-order valence-corrected chi connectivity index (χ1v) is 5.99. The Hall–Kier alpha value is -0.320. The first kappa shape index (κ1) is 12.1. The third kappa shape index (κ3) is 2.50. The van der Waals surface area contributed by atoms with Gasteiger partial charge >= 0.3 is 0 Å². The molecular weight excluding hydrogens is 228 g/mol. The molecule has 92 valence electrons. The molecule has 16 heavy (non-hydrogen) atoms. The summed E-state index contributed by atoms with van der Waals surface area (Å²) in [5.74, 6) is 0.839. The van der Waals surface area contributed by atoms with E-state index < -0.39 is 0 Å². The molecule has 0 unspecified atom stereocenters. The van der Waals surface area contributed by atoms with Crippen molar-refractivity contribution in [3.8, 4) is 0 Å². The minimum Gasteiger partial charge on any atom is -0.363 e. The van der Waals surface area contributed by atoms with Crippen molar-refractivity contribution in [3.05, 3.63) is 0 Å². The van der Waals surface area contributed by atoms with Crippen LogP contribution in [0.2, 0.25) is 0 Å². The van der Waals surface area contributed by atoms with Crippen molar-refractivity contribution in [3.63, 3.8) is 0 Å². The van der Waals surface area contributed by atoms with Crippen LogP contribution in [0.1, 0.15) is 25.7 Å². The number of carbonyl (C=O) groups is 1. The van der Waals surface area contributed by atoms with Gasteiger partial charge in [-0.25, -0.2) is 0 Å². The molecule has 1 amide bonds. The van der Waals surface area contributed by atoms with Gasteiger partial charge in [-0.3, -0.25) is 4.79 Å². The molecule has 2 saturated heterocycles. The van der Waals surface area contributed by atoms with E-state index in [1.807, 2.05) is 0 Å². The molecule has 5 heteroatoms. The summed E-state index contributed by atoms with van der Waals surface area (Å²) in [6, 6.07) is 0.418. The summed E-state index contributed by atoms with van der Waals surface area (Å²) in [6.07, 6.45) is 4.53. The molecular formula is C11H19ClN2O2. The van der Waals surface area contributed by atoms with E-state index in [-0.39, 0.29) is 30.5 Å². The monoisotopic (exact) mass is 246 g/mol. The number of nitrogens with one attached hydrogen (secondary N) is 2. The lowest BCUT2D eigenvalue weighted by Gasteiger charge is -2.12. The second-order valence-corrected chi connectivity index (χ2v) is 4.94. The van der Waals surface area contributed by atoms with Gasteiger partial charge in [0.15, 0.2) is 0 Å². The smallest absolute Gasteiger partial charge is 0.249 e. The van der Waals surface area contributed by atoms with Crippen molar-refractivity contribution in [1.29, 1.82) is 0 Å². The molecule has 1 saturated carbocycles. The van der Waals surface area contributed by atoms with E-state index in [9.17, 15) is 4.79 Å². The van der Waals surface area contributed by atoms with Gasteiger partial charge < -0.3 is 15.4 Å². The molecule has 2 N–H and O–H groups in total. The Kier molecular flexibility index (Phi) is 3.72. The summed E-state index contributed by atoms with van der Waals surface area (Å²) in [6.45, 7) is 1.88. The maximum absolute atomic E-state index is 11.7. The van der Waals surface area contributed by atoms with Crippen LogP contribution in [0.25, 0.3) is 0 Å². The number of rotatable bonds is 3. The molecule has 0 aromatic heterocycles. The third-order valence-electron chi connectivity index (χ3n) is 3.65. The maximum Gasteiger partial charge on any atom is 0.249 e. The molecule has 0 aromatic carbocycles. The molecule has 3 aliphatic rings. The van der Waals surface area contributed by atoms with Crippen LogP contribution in [0.4, 0.5) is 0 Å². The molecule has 2 heterocycles. The number of hydrogen-bond acceptors (Lipinski definition) is 3. The van der Waals surface area contributed by atoms with Gasteiger partial charge in [0.25, 0.3) is 0 Å². The first-order chi connectivity index (χ1) is 7.33. The number of ether oxygens (including phenoxy) is 1. The fourth-order valence-electron chi connectivity index (χ4n) is 2.49. The van der Waals surface area contributed by atoms with Gasteiger partial charge in [-0.1, -0.05) is 0 Å². The van der Waals surface area contributed by atoms with E-state index in [2.05, 4.69) is 10.6 Å². The third-order valence-corrected chi connectivity index (χ3v) is 3.65. The number of amides is 1. The molecule has 0 spiro atoms. The minimum atomic E-state index is -0.202. The first-order valence-electron chi connectivity index (χ1n) is 5.99. The standard InChI is InChI=1S/C11H18N2O2.ClH/c14-11(13-6-7-1-2-7)10-5-8-9(15-10)3-4-12-8;/h7-10,12H,1-6H2,(H,13,14);1H/t8-,9-,10+;/m1./s1. The van der Waals surface area contributed by atoms with Crippen molar-refractivity contribution < 1.29 is 9.53 Å². The van der Waals surface area contributed by atoms with E-state index in [1.165, 1.54) is 12.8 Å². The fraction of sp³-hybridized carbons (Fsp3) is 0.909.